The van der Waals surface area contributed by atoms with Crippen LogP contribution in [-0.2, 0) is 22.6 Å². The smallest absolute Gasteiger partial charge is 0.305 e. The molecule has 5 nitrogen and oxygen atoms in total. The number of carboxylic acids is 1. The maximum Gasteiger partial charge on any atom is 0.305 e. The zero-order valence-corrected chi connectivity index (χ0v) is 15.1. The Balaban J connectivity index is 1.69. The first-order valence-corrected chi connectivity index (χ1v) is 9.06. The van der Waals surface area contributed by atoms with Crippen molar-refractivity contribution < 1.29 is 19.1 Å². The fraction of sp³-hybridized carbons (Fsp3) is 0.333. The second-order valence-electron chi connectivity index (χ2n) is 6.74. The predicted molar refractivity (Wildman–Crippen MR) is 99.6 cm³/mol. The third-order valence-corrected chi connectivity index (χ3v) is 4.91. The Morgan fingerprint density at radius 2 is 1.78 bits per heavy atom. The first-order valence-electron chi connectivity index (χ1n) is 9.06. The predicted octanol–water partition coefficient (Wildman–Crippen LogP) is 2.56. The zero-order chi connectivity index (χ0) is 19.2. The number of hydrogen-bond acceptors (Lipinski definition) is 3. The molecular weight excluding hydrogens is 347 g/mol. The van der Waals surface area contributed by atoms with Gasteiger partial charge in [-0.05, 0) is 18.1 Å². The van der Waals surface area contributed by atoms with Crippen LogP contribution in [0.3, 0.4) is 0 Å². The molecule has 1 N–H and O–H groups in total. The van der Waals surface area contributed by atoms with Crippen molar-refractivity contribution in [3.05, 3.63) is 71.5 Å². The van der Waals surface area contributed by atoms with Gasteiger partial charge in [-0.1, -0.05) is 48.5 Å². The Morgan fingerprint density at radius 1 is 1.07 bits per heavy atom. The van der Waals surface area contributed by atoms with Crippen molar-refractivity contribution in [3.63, 3.8) is 0 Å². The first-order chi connectivity index (χ1) is 13.0. The summed E-state index contributed by atoms with van der Waals surface area (Å²) in [6.45, 7) is 1.80. The van der Waals surface area contributed by atoms with Crippen molar-refractivity contribution in [1.82, 2.24) is 9.80 Å². The molecule has 0 spiro atoms. The number of nitrogens with zero attached hydrogens (tertiary/aromatic N) is 2. The van der Waals surface area contributed by atoms with Gasteiger partial charge in [-0.15, -0.1) is 0 Å². The quantitative estimate of drug-likeness (QED) is 0.814. The van der Waals surface area contributed by atoms with Crippen LogP contribution < -0.4 is 0 Å². The third-order valence-electron chi connectivity index (χ3n) is 4.91. The summed E-state index contributed by atoms with van der Waals surface area (Å²) < 4.78 is 13.9. The van der Waals surface area contributed by atoms with Crippen molar-refractivity contribution >= 4 is 11.9 Å². The number of rotatable bonds is 7. The number of benzene rings is 2. The van der Waals surface area contributed by atoms with Gasteiger partial charge in [-0.2, -0.15) is 0 Å². The summed E-state index contributed by atoms with van der Waals surface area (Å²) in [7, 11) is 0. The molecule has 0 radical (unpaired) electrons. The lowest BCUT2D eigenvalue weighted by Gasteiger charge is -2.40. The molecule has 1 fully saturated rings. The van der Waals surface area contributed by atoms with Crippen LogP contribution in [0, 0.1) is 5.82 Å². The van der Waals surface area contributed by atoms with E-state index in [0.717, 1.165) is 12.0 Å². The highest BCUT2D eigenvalue weighted by Crippen LogP contribution is 2.19. The molecule has 1 aliphatic rings. The lowest BCUT2D eigenvalue weighted by Crippen LogP contribution is -2.57. The number of carboxylic acid groups (broad SMARTS) is 1. The minimum atomic E-state index is -1.01. The minimum absolute atomic E-state index is 0.161. The summed E-state index contributed by atoms with van der Waals surface area (Å²) in [5.74, 6) is -1.61. The molecule has 0 aliphatic carbocycles. The van der Waals surface area contributed by atoms with Gasteiger partial charge < -0.3 is 10.0 Å². The summed E-state index contributed by atoms with van der Waals surface area (Å²) in [4.78, 5) is 27.7. The molecular formula is C21H23FN2O3. The Hall–Kier alpha value is -2.73. The van der Waals surface area contributed by atoms with Gasteiger partial charge in [0.05, 0.1) is 12.5 Å². The van der Waals surface area contributed by atoms with Crippen molar-refractivity contribution in [2.24, 2.45) is 0 Å². The largest absolute Gasteiger partial charge is 0.481 e. The number of carbonyl (C=O) groups is 2. The maximum absolute atomic E-state index is 13.9. The topological polar surface area (TPSA) is 60.9 Å². The van der Waals surface area contributed by atoms with E-state index >= 15 is 0 Å². The van der Waals surface area contributed by atoms with Gasteiger partial charge in [-0.25, -0.2) is 4.39 Å². The molecule has 0 bridgehead atoms. The molecule has 1 atom stereocenters. The van der Waals surface area contributed by atoms with Gasteiger partial charge in [0.15, 0.2) is 0 Å². The Morgan fingerprint density at radius 3 is 2.48 bits per heavy atom. The average Bonchev–Trinajstić information content (AvgIpc) is 2.66. The maximum atomic E-state index is 13.9. The van der Waals surface area contributed by atoms with Gasteiger partial charge in [0.1, 0.15) is 5.82 Å². The molecule has 1 saturated heterocycles. The van der Waals surface area contributed by atoms with Gasteiger partial charge >= 0.3 is 5.97 Å². The van der Waals surface area contributed by atoms with Gasteiger partial charge in [0.2, 0.25) is 5.91 Å². The van der Waals surface area contributed by atoms with Crippen LogP contribution in [0.15, 0.2) is 54.6 Å². The monoisotopic (exact) mass is 370 g/mol. The van der Waals surface area contributed by atoms with E-state index in [2.05, 4.69) is 0 Å². The first kappa shape index (κ1) is 19.0. The third kappa shape index (κ3) is 4.92. The van der Waals surface area contributed by atoms with E-state index in [1.54, 1.807) is 23.1 Å². The van der Waals surface area contributed by atoms with Crippen molar-refractivity contribution in [3.8, 4) is 0 Å². The Labute approximate surface area is 158 Å². The Kier molecular flexibility index (Phi) is 6.19. The summed E-state index contributed by atoms with van der Waals surface area (Å²) in [5, 5.41) is 9.25. The van der Waals surface area contributed by atoms with Gasteiger partial charge in [0.25, 0.3) is 0 Å². The van der Waals surface area contributed by atoms with Crippen molar-refractivity contribution in [2.45, 2.75) is 25.4 Å². The molecule has 27 heavy (non-hydrogen) atoms. The molecule has 1 heterocycles. The number of amides is 1. The van der Waals surface area contributed by atoms with Crippen LogP contribution in [0.25, 0.3) is 0 Å². The molecule has 6 heteroatoms. The fourth-order valence-electron chi connectivity index (χ4n) is 3.44. The van der Waals surface area contributed by atoms with Crippen LogP contribution in [0.1, 0.15) is 17.5 Å². The number of halogens is 1. The molecule has 2 aromatic carbocycles. The van der Waals surface area contributed by atoms with E-state index in [4.69, 9.17) is 0 Å². The van der Waals surface area contributed by atoms with Crippen LogP contribution >= 0.6 is 0 Å². The number of aliphatic carboxylic acids is 1. The van der Waals surface area contributed by atoms with E-state index < -0.39 is 12.0 Å². The zero-order valence-electron chi connectivity index (χ0n) is 15.1. The lowest BCUT2D eigenvalue weighted by molar-refractivity contribution is -0.149. The molecule has 3 rings (SSSR count). The van der Waals surface area contributed by atoms with Gasteiger partial charge in [0, 0.05) is 31.7 Å². The fourth-order valence-corrected chi connectivity index (χ4v) is 3.44. The summed E-state index contributed by atoms with van der Waals surface area (Å²) in [5.41, 5.74) is 1.59. The second-order valence-corrected chi connectivity index (χ2v) is 6.74. The Bertz CT molecular complexity index is 797. The average molecular weight is 370 g/mol. The molecule has 142 valence electrons. The van der Waals surface area contributed by atoms with E-state index in [1.165, 1.54) is 6.07 Å². The summed E-state index contributed by atoms with van der Waals surface area (Å²) in [6.07, 6.45) is 0.499. The van der Waals surface area contributed by atoms with Crippen LogP contribution in [-0.4, -0.2) is 52.5 Å². The molecule has 1 aliphatic heterocycles. The van der Waals surface area contributed by atoms with Crippen LogP contribution in [0.5, 0.6) is 0 Å². The number of carbonyl (C=O) groups excluding carboxylic acids is 1. The highest BCUT2D eigenvalue weighted by Gasteiger charge is 2.36. The SMILES string of the molecule is O=C(O)CC1C(=O)N(Cc2ccccc2F)CCN1CCc1ccccc1. The molecule has 1 unspecified atom stereocenters. The van der Waals surface area contributed by atoms with Crippen molar-refractivity contribution in [1.29, 1.82) is 0 Å². The minimum Gasteiger partial charge on any atom is -0.481 e. The van der Waals surface area contributed by atoms with E-state index in [-0.39, 0.29) is 24.7 Å². The van der Waals surface area contributed by atoms with Gasteiger partial charge in [-0.3, -0.25) is 14.5 Å². The highest BCUT2D eigenvalue weighted by molar-refractivity contribution is 5.86. The molecule has 2 aromatic rings. The highest BCUT2D eigenvalue weighted by atomic mass is 19.1. The van der Waals surface area contributed by atoms with E-state index in [1.807, 2.05) is 35.2 Å². The molecule has 0 aromatic heterocycles. The molecule has 1 amide bonds. The standard InChI is InChI=1S/C21H23FN2O3/c22-18-9-5-4-8-17(18)15-24-13-12-23(19(21(24)27)14-20(25)26)11-10-16-6-2-1-3-7-16/h1-9,19H,10-15H2,(H,25,26). The lowest BCUT2D eigenvalue weighted by atomic mass is 10.0. The number of hydrogen-bond donors (Lipinski definition) is 1. The summed E-state index contributed by atoms with van der Waals surface area (Å²) >= 11 is 0. The summed E-state index contributed by atoms with van der Waals surface area (Å²) in [6, 6.07) is 15.5. The normalized spacial score (nSPS) is 17.9. The van der Waals surface area contributed by atoms with E-state index in [0.29, 0.717) is 25.2 Å². The number of piperazine rings is 1. The van der Waals surface area contributed by atoms with Crippen LogP contribution in [0.2, 0.25) is 0 Å². The van der Waals surface area contributed by atoms with Crippen molar-refractivity contribution in [2.75, 3.05) is 19.6 Å². The second kappa shape index (κ2) is 8.77. The molecule has 0 saturated carbocycles. The van der Waals surface area contributed by atoms with Crippen LogP contribution in [0.4, 0.5) is 4.39 Å². The van der Waals surface area contributed by atoms with E-state index in [9.17, 15) is 19.1 Å².